The normalized spacial score (nSPS) is 34.0. The van der Waals surface area contributed by atoms with Crippen molar-refractivity contribution in [2.75, 3.05) is 31.1 Å². The van der Waals surface area contributed by atoms with E-state index in [-0.39, 0.29) is 0 Å². The highest BCUT2D eigenvalue weighted by Crippen LogP contribution is 2.39. The maximum Gasteiger partial charge on any atom is 0.208 e. The van der Waals surface area contributed by atoms with Crippen LogP contribution in [0.4, 0.5) is 5.13 Å². The number of hydrogen-bond donors (Lipinski definition) is 0. The van der Waals surface area contributed by atoms with Gasteiger partial charge in [-0.1, -0.05) is 17.8 Å². The van der Waals surface area contributed by atoms with E-state index < -0.39 is 0 Å². The summed E-state index contributed by atoms with van der Waals surface area (Å²) in [4.78, 5) is 5.09. The lowest BCUT2D eigenvalue weighted by atomic mass is 10.0. The predicted octanol–water partition coefficient (Wildman–Crippen LogP) is 1.46. The molecule has 0 amide bonds. The number of anilines is 1. The molecule has 0 aromatic carbocycles. The van der Waals surface area contributed by atoms with Gasteiger partial charge in [-0.15, -0.1) is 10.2 Å². The minimum atomic E-state index is 0.782. The molecule has 17 heavy (non-hydrogen) atoms. The van der Waals surface area contributed by atoms with Gasteiger partial charge >= 0.3 is 0 Å². The van der Waals surface area contributed by atoms with Crippen LogP contribution in [0.2, 0.25) is 0 Å². The van der Waals surface area contributed by atoms with Gasteiger partial charge in [-0.3, -0.25) is 4.90 Å². The summed E-state index contributed by atoms with van der Waals surface area (Å²) >= 11 is 1.65. The molecular formula is C12H18N4S. The number of rotatable bonds is 2. The predicted molar refractivity (Wildman–Crippen MR) is 68.3 cm³/mol. The smallest absolute Gasteiger partial charge is 0.208 e. The Hall–Kier alpha value is -0.680. The quantitative estimate of drug-likeness (QED) is 0.795. The monoisotopic (exact) mass is 250 g/mol. The number of likely N-dealkylation sites (tertiary alicyclic amines) is 1. The maximum absolute atomic E-state index is 4.13. The van der Waals surface area contributed by atoms with Crippen LogP contribution in [-0.2, 0) is 0 Å². The Morgan fingerprint density at radius 2 is 1.88 bits per heavy atom. The van der Waals surface area contributed by atoms with Crippen molar-refractivity contribution in [1.29, 1.82) is 0 Å². The minimum absolute atomic E-state index is 0.782. The standard InChI is InChI=1S/C12H18N4S/c1-2-9-4-15(5-10(9)3-1)11-6-16(7-11)12-14-13-8-17-12/h8-11H,1-7H2. The van der Waals surface area contributed by atoms with E-state index in [1.54, 1.807) is 11.3 Å². The maximum atomic E-state index is 4.13. The molecule has 5 heteroatoms. The van der Waals surface area contributed by atoms with Gasteiger partial charge in [0.2, 0.25) is 5.13 Å². The molecule has 92 valence electrons. The minimum Gasteiger partial charge on any atom is -0.343 e. The molecule has 3 aliphatic rings. The van der Waals surface area contributed by atoms with E-state index in [0.717, 1.165) is 36.1 Å². The first-order valence-electron chi connectivity index (χ1n) is 6.65. The molecule has 4 rings (SSSR count). The van der Waals surface area contributed by atoms with Crippen LogP contribution in [-0.4, -0.2) is 47.3 Å². The summed E-state index contributed by atoms with van der Waals surface area (Å²) in [7, 11) is 0. The van der Waals surface area contributed by atoms with E-state index in [1.165, 1.54) is 32.4 Å². The Labute approximate surface area is 106 Å². The van der Waals surface area contributed by atoms with Gasteiger partial charge in [0.25, 0.3) is 0 Å². The van der Waals surface area contributed by atoms with Crippen LogP contribution in [0.15, 0.2) is 5.51 Å². The lowest BCUT2D eigenvalue weighted by molar-refractivity contribution is 0.190. The third kappa shape index (κ3) is 1.67. The fourth-order valence-electron chi connectivity index (χ4n) is 3.72. The van der Waals surface area contributed by atoms with Crippen molar-refractivity contribution in [3.05, 3.63) is 5.51 Å². The van der Waals surface area contributed by atoms with Crippen LogP contribution in [0.3, 0.4) is 0 Å². The Morgan fingerprint density at radius 3 is 2.53 bits per heavy atom. The first-order valence-corrected chi connectivity index (χ1v) is 7.53. The van der Waals surface area contributed by atoms with E-state index in [1.807, 2.05) is 5.51 Å². The second-order valence-electron chi connectivity index (χ2n) is 5.69. The van der Waals surface area contributed by atoms with Crippen molar-refractivity contribution in [2.24, 2.45) is 11.8 Å². The zero-order valence-corrected chi connectivity index (χ0v) is 10.8. The third-order valence-corrected chi connectivity index (χ3v) is 5.50. The highest BCUT2D eigenvalue weighted by molar-refractivity contribution is 7.13. The van der Waals surface area contributed by atoms with Crippen molar-refractivity contribution in [1.82, 2.24) is 15.1 Å². The number of aromatic nitrogens is 2. The molecule has 2 unspecified atom stereocenters. The molecule has 1 aromatic heterocycles. The summed E-state index contributed by atoms with van der Waals surface area (Å²) in [5.41, 5.74) is 1.82. The van der Waals surface area contributed by atoms with E-state index in [0.29, 0.717) is 0 Å². The van der Waals surface area contributed by atoms with Gasteiger partial charge in [-0.25, -0.2) is 0 Å². The van der Waals surface area contributed by atoms with Crippen LogP contribution in [0.25, 0.3) is 0 Å². The molecule has 4 nitrogen and oxygen atoms in total. The molecule has 2 aliphatic heterocycles. The van der Waals surface area contributed by atoms with E-state index in [4.69, 9.17) is 0 Å². The molecular weight excluding hydrogens is 232 g/mol. The Kier molecular flexibility index (Phi) is 2.36. The molecule has 2 saturated heterocycles. The van der Waals surface area contributed by atoms with Crippen molar-refractivity contribution >= 4 is 16.5 Å². The molecule has 3 heterocycles. The first-order chi connectivity index (χ1) is 8.40. The van der Waals surface area contributed by atoms with Crippen LogP contribution in [0.1, 0.15) is 19.3 Å². The largest absolute Gasteiger partial charge is 0.343 e. The van der Waals surface area contributed by atoms with E-state index in [2.05, 4.69) is 20.0 Å². The molecule has 0 N–H and O–H groups in total. The van der Waals surface area contributed by atoms with Crippen LogP contribution >= 0.6 is 11.3 Å². The van der Waals surface area contributed by atoms with Crippen molar-refractivity contribution < 1.29 is 0 Å². The van der Waals surface area contributed by atoms with Gasteiger partial charge in [0.1, 0.15) is 5.51 Å². The van der Waals surface area contributed by atoms with Gasteiger partial charge in [-0.05, 0) is 24.7 Å². The summed E-state index contributed by atoms with van der Waals surface area (Å²) in [5.74, 6) is 2.04. The highest BCUT2D eigenvalue weighted by Gasteiger charge is 2.42. The van der Waals surface area contributed by atoms with Gasteiger partial charge < -0.3 is 4.90 Å². The van der Waals surface area contributed by atoms with Crippen LogP contribution in [0.5, 0.6) is 0 Å². The molecule has 0 bridgehead atoms. The summed E-state index contributed by atoms with van der Waals surface area (Å²) in [6, 6.07) is 0.782. The molecule has 1 aromatic rings. The topological polar surface area (TPSA) is 32.3 Å². The van der Waals surface area contributed by atoms with Crippen LogP contribution < -0.4 is 4.90 Å². The summed E-state index contributed by atoms with van der Waals surface area (Å²) in [5, 5.41) is 9.14. The second-order valence-corrected chi connectivity index (χ2v) is 6.50. The average molecular weight is 250 g/mol. The summed E-state index contributed by atoms with van der Waals surface area (Å²) in [6.45, 7) is 5.04. The van der Waals surface area contributed by atoms with E-state index >= 15 is 0 Å². The number of nitrogens with zero attached hydrogens (tertiary/aromatic N) is 4. The van der Waals surface area contributed by atoms with Gasteiger partial charge in [0.15, 0.2) is 0 Å². The zero-order chi connectivity index (χ0) is 11.2. The van der Waals surface area contributed by atoms with Gasteiger partial charge in [0, 0.05) is 32.2 Å². The lowest BCUT2D eigenvalue weighted by Crippen LogP contribution is -2.59. The lowest BCUT2D eigenvalue weighted by Gasteiger charge is -2.44. The first kappa shape index (κ1) is 10.3. The van der Waals surface area contributed by atoms with Gasteiger partial charge in [0.05, 0.1) is 0 Å². The summed E-state index contributed by atoms with van der Waals surface area (Å²) < 4.78 is 0. The average Bonchev–Trinajstić information content (AvgIpc) is 2.87. The third-order valence-electron chi connectivity index (χ3n) is 4.75. The fraction of sp³-hybridized carbons (Fsp3) is 0.833. The number of hydrogen-bond acceptors (Lipinski definition) is 5. The fourth-order valence-corrected chi connectivity index (χ4v) is 4.30. The Balaban J connectivity index is 1.35. The number of fused-ring (bicyclic) bond motifs is 1. The molecule has 3 fully saturated rings. The highest BCUT2D eigenvalue weighted by atomic mass is 32.1. The Bertz CT molecular complexity index is 375. The Morgan fingerprint density at radius 1 is 1.12 bits per heavy atom. The van der Waals surface area contributed by atoms with Crippen molar-refractivity contribution in [2.45, 2.75) is 25.3 Å². The molecule has 2 atom stereocenters. The van der Waals surface area contributed by atoms with Crippen molar-refractivity contribution in [3.8, 4) is 0 Å². The van der Waals surface area contributed by atoms with Gasteiger partial charge in [-0.2, -0.15) is 0 Å². The van der Waals surface area contributed by atoms with E-state index in [9.17, 15) is 0 Å². The molecule has 0 spiro atoms. The molecule has 1 aliphatic carbocycles. The second kappa shape index (κ2) is 3.92. The SMILES string of the molecule is c1nnc(N2CC(N3CC4CCCC4C3)C2)s1. The van der Waals surface area contributed by atoms with Crippen molar-refractivity contribution in [3.63, 3.8) is 0 Å². The molecule has 1 saturated carbocycles. The van der Waals surface area contributed by atoms with Crippen LogP contribution in [0, 0.1) is 11.8 Å². The zero-order valence-electron chi connectivity index (χ0n) is 9.96. The summed E-state index contributed by atoms with van der Waals surface area (Å²) in [6.07, 6.45) is 4.44. The molecule has 0 radical (unpaired) electrons.